The number of nitrogens with zero attached hydrogens (tertiary/aromatic N) is 1. The maximum absolute atomic E-state index is 15.0. The van der Waals surface area contributed by atoms with Gasteiger partial charge in [0.15, 0.2) is 0 Å². The van der Waals surface area contributed by atoms with Crippen molar-refractivity contribution in [3.63, 3.8) is 0 Å². The molecular weight excluding hydrogens is 684 g/mol. The monoisotopic (exact) mass is 720 g/mol. The first-order chi connectivity index (χ1) is 26.4. The number of hydrogen-bond acceptors (Lipinski definition) is 8. The number of ether oxygens (including phenoxy) is 3. The van der Waals surface area contributed by atoms with Gasteiger partial charge in [0.1, 0.15) is 41.6 Å². The second-order valence-corrected chi connectivity index (χ2v) is 13.4. The Kier molecular flexibility index (Phi) is 9.11. The molecule has 270 valence electrons. The fraction of sp³-hybridized carbons (Fsp3) is 0.205. The highest BCUT2D eigenvalue weighted by Gasteiger charge is 2.74. The summed E-state index contributed by atoms with van der Waals surface area (Å²) in [5.41, 5.74) is 2.18. The quantitative estimate of drug-likeness (QED) is 0.134. The van der Waals surface area contributed by atoms with Crippen molar-refractivity contribution in [3.8, 4) is 23.3 Å². The van der Waals surface area contributed by atoms with Crippen LogP contribution in [0.1, 0.15) is 51.6 Å². The van der Waals surface area contributed by atoms with Crippen molar-refractivity contribution >= 4 is 23.5 Å². The fourth-order valence-electron chi connectivity index (χ4n) is 8.43. The lowest BCUT2D eigenvalue weighted by molar-refractivity contribution is -0.179. The highest BCUT2D eigenvalue weighted by molar-refractivity contribution is 6.11. The first-order valence-corrected chi connectivity index (χ1v) is 17.6. The molecule has 2 saturated heterocycles. The number of hydrogen-bond donors (Lipinski definition) is 3. The Hall–Kier alpha value is -6.41. The molecule has 3 heterocycles. The second-order valence-electron chi connectivity index (χ2n) is 13.4. The molecule has 6 atom stereocenters. The van der Waals surface area contributed by atoms with E-state index in [0.717, 1.165) is 11.1 Å². The standard InChI is InChI=1S/C44H36N2O8/c1-52-31-21-18-27(19-22-31)16-17-28-20-23-34-33(26-28)44(43(51)45-34)36(41(48)49)38-42(50)54-39(30-12-6-3-7-13-30)37(29-10-4-2-5-11-29)46(38)40(44)32-14-8-9-15-35(32)53-25-24-47/h2-15,18-23,26,36-40,47H,24-25H2,1H3,(H,45,51)(H,48,49)/t36-,37-,38-,39+,40+,44-/m1/s1. The van der Waals surface area contributed by atoms with Gasteiger partial charge in [-0.05, 0) is 65.2 Å². The molecule has 1 amide bonds. The molecule has 8 rings (SSSR count). The van der Waals surface area contributed by atoms with E-state index in [1.807, 2.05) is 89.8 Å². The van der Waals surface area contributed by atoms with E-state index < -0.39 is 53.4 Å². The average molecular weight is 721 g/mol. The van der Waals surface area contributed by atoms with E-state index in [4.69, 9.17) is 14.2 Å². The van der Waals surface area contributed by atoms with E-state index in [1.54, 1.807) is 49.6 Å². The predicted molar refractivity (Wildman–Crippen MR) is 199 cm³/mol. The van der Waals surface area contributed by atoms with Gasteiger partial charge in [-0.1, -0.05) is 90.7 Å². The van der Waals surface area contributed by atoms with Crippen molar-refractivity contribution < 1.29 is 38.8 Å². The fourth-order valence-corrected chi connectivity index (χ4v) is 8.43. The van der Waals surface area contributed by atoms with Gasteiger partial charge in [-0.3, -0.25) is 19.3 Å². The van der Waals surface area contributed by atoms with E-state index in [-0.39, 0.29) is 13.2 Å². The average Bonchev–Trinajstić information content (AvgIpc) is 3.68. The number of nitrogens with one attached hydrogen (secondary N) is 1. The maximum Gasteiger partial charge on any atom is 0.325 e. The second kappa shape index (κ2) is 14.2. The number of morpholine rings is 1. The maximum atomic E-state index is 15.0. The SMILES string of the molecule is COc1ccc(C#Cc2ccc3c(c2)[C@]2(C(=O)N3)[C@H](c3ccccc3OCCO)N3[C@H](c4ccccc4)[C@H](c4ccccc4)OC(=O)[C@H]3[C@@H]2C(=O)O)cc1. The number of carbonyl (C=O) groups excluding carboxylic acids is 2. The number of amides is 1. The van der Waals surface area contributed by atoms with Crippen molar-refractivity contribution in [2.75, 3.05) is 25.6 Å². The van der Waals surface area contributed by atoms with Gasteiger partial charge in [0, 0.05) is 22.4 Å². The van der Waals surface area contributed by atoms with Crippen LogP contribution in [-0.2, 0) is 24.5 Å². The number of aliphatic hydroxyl groups excluding tert-OH is 1. The summed E-state index contributed by atoms with van der Waals surface area (Å²) in [5, 5.41) is 24.1. The summed E-state index contributed by atoms with van der Waals surface area (Å²) in [6.07, 6.45) is -0.861. The van der Waals surface area contributed by atoms with Gasteiger partial charge in [0.2, 0.25) is 5.91 Å². The molecule has 3 aliphatic heterocycles. The molecule has 0 bridgehead atoms. The molecule has 3 aliphatic rings. The van der Waals surface area contributed by atoms with E-state index >= 15 is 0 Å². The van der Waals surface area contributed by atoms with Crippen molar-refractivity contribution in [1.82, 2.24) is 4.90 Å². The third kappa shape index (κ3) is 5.66. The Balaban J connectivity index is 1.40. The van der Waals surface area contributed by atoms with Crippen molar-refractivity contribution in [1.29, 1.82) is 0 Å². The van der Waals surface area contributed by atoms with Gasteiger partial charge >= 0.3 is 11.9 Å². The van der Waals surface area contributed by atoms with Gasteiger partial charge < -0.3 is 29.7 Å². The number of fused-ring (bicyclic) bond motifs is 3. The molecule has 0 radical (unpaired) electrons. The summed E-state index contributed by atoms with van der Waals surface area (Å²) in [6.45, 7) is -0.323. The smallest absolute Gasteiger partial charge is 0.325 e. The number of cyclic esters (lactones) is 1. The molecule has 0 unspecified atom stereocenters. The first kappa shape index (κ1) is 34.7. The van der Waals surface area contributed by atoms with Crippen LogP contribution in [0.3, 0.4) is 0 Å². The van der Waals surface area contributed by atoms with Crippen LogP contribution in [0.25, 0.3) is 0 Å². The van der Waals surface area contributed by atoms with Crippen LogP contribution >= 0.6 is 0 Å². The molecule has 5 aromatic rings. The molecule has 0 saturated carbocycles. The summed E-state index contributed by atoms with van der Waals surface area (Å²) in [5.74, 6) is 3.12. The van der Waals surface area contributed by atoms with Gasteiger partial charge in [-0.2, -0.15) is 0 Å². The van der Waals surface area contributed by atoms with Crippen molar-refractivity contribution in [2.24, 2.45) is 5.92 Å². The number of carboxylic acid groups (broad SMARTS) is 1. The number of benzene rings is 5. The summed E-state index contributed by atoms with van der Waals surface area (Å²) < 4.78 is 17.7. The van der Waals surface area contributed by atoms with E-state index in [0.29, 0.717) is 39.4 Å². The zero-order valence-electron chi connectivity index (χ0n) is 29.2. The highest BCUT2D eigenvalue weighted by atomic mass is 16.6. The van der Waals surface area contributed by atoms with Crippen LogP contribution in [0, 0.1) is 17.8 Å². The third-order valence-electron chi connectivity index (χ3n) is 10.6. The lowest BCUT2D eigenvalue weighted by Crippen LogP contribution is -2.52. The topological polar surface area (TPSA) is 135 Å². The van der Waals surface area contributed by atoms with Crippen LogP contribution in [0.15, 0.2) is 127 Å². The largest absolute Gasteiger partial charge is 0.497 e. The zero-order valence-corrected chi connectivity index (χ0v) is 29.2. The molecule has 10 heteroatoms. The van der Waals surface area contributed by atoms with E-state index in [2.05, 4.69) is 17.2 Å². The molecule has 10 nitrogen and oxygen atoms in total. The normalized spacial score (nSPS) is 24.1. The number of esters is 1. The van der Waals surface area contributed by atoms with Crippen LogP contribution in [0.5, 0.6) is 11.5 Å². The van der Waals surface area contributed by atoms with Crippen molar-refractivity contribution in [2.45, 2.75) is 29.6 Å². The molecular formula is C44H36N2O8. The first-order valence-electron chi connectivity index (χ1n) is 17.6. The lowest BCUT2D eigenvalue weighted by atomic mass is 9.65. The molecule has 0 aliphatic carbocycles. The Bertz CT molecular complexity index is 2280. The molecule has 0 aromatic heterocycles. The Morgan fingerprint density at radius 1 is 0.833 bits per heavy atom. The van der Waals surface area contributed by atoms with Crippen LogP contribution in [-0.4, -0.2) is 59.3 Å². The number of para-hydroxylation sites is 1. The van der Waals surface area contributed by atoms with E-state index in [1.165, 1.54) is 0 Å². The zero-order chi connectivity index (χ0) is 37.4. The van der Waals surface area contributed by atoms with Gasteiger partial charge in [-0.15, -0.1) is 0 Å². The number of anilines is 1. The Morgan fingerprint density at radius 2 is 1.48 bits per heavy atom. The summed E-state index contributed by atoms with van der Waals surface area (Å²) in [6, 6.07) is 35.2. The van der Waals surface area contributed by atoms with Crippen LogP contribution in [0.2, 0.25) is 0 Å². The molecule has 54 heavy (non-hydrogen) atoms. The molecule has 3 N–H and O–H groups in total. The van der Waals surface area contributed by atoms with Gasteiger partial charge in [-0.25, -0.2) is 0 Å². The number of rotatable bonds is 8. The minimum absolute atomic E-state index is 0.0484. The summed E-state index contributed by atoms with van der Waals surface area (Å²) >= 11 is 0. The number of aliphatic carboxylic acids is 1. The predicted octanol–water partition coefficient (Wildman–Crippen LogP) is 5.82. The number of carbonyl (C=O) groups is 3. The summed E-state index contributed by atoms with van der Waals surface area (Å²) in [7, 11) is 1.59. The number of carboxylic acids is 1. The molecule has 5 aromatic carbocycles. The van der Waals surface area contributed by atoms with E-state index in [9.17, 15) is 24.6 Å². The highest BCUT2D eigenvalue weighted by Crippen LogP contribution is 2.65. The van der Waals surface area contributed by atoms with Crippen LogP contribution in [0.4, 0.5) is 5.69 Å². The summed E-state index contributed by atoms with van der Waals surface area (Å²) in [4.78, 5) is 45.3. The number of methoxy groups -OCH3 is 1. The van der Waals surface area contributed by atoms with Crippen LogP contribution < -0.4 is 14.8 Å². The van der Waals surface area contributed by atoms with Gasteiger partial charge in [0.25, 0.3) is 0 Å². The van der Waals surface area contributed by atoms with Crippen molar-refractivity contribution in [3.05, 3.63) is 161 Å². The Morgan fingerprint density at radius 3 is 2.17 bits per heavy atom. The minimum Gasteiger partial charge on any atom is -0.497 e. The number of aliphatic hydroxyl groups is 1. The minimum atomic E-state index is -1.88. The third-order valence-corrected chi connectivity index (χ3v) is 10.6. The lowest BCUT2D eigenvalue weighted by Gasteiger charge is -2.46. The molecule has 1 spiro atoms. The Labute approximate surface area is 311 Å². The van der Waals surface area contributed by atoms with Gasteiger partial charge in [0.05, 0.1) is 25.8 Å². The molecule has 2 fully saturated rings.